The number of carbonyl (C=O) groups excluding carboxylic acids is 1. The summed E-state index contributed by atoms with van der Waals surface area (Å²) in [7, 11) is 1.41. The molecule has 0 radical (unpaired) electrons. The highest BCUT2D eigenvalue weighted by Crippen LogP contribution is 2.35. The Hall–Kier alpha value is -3.19. The molecule has 0 amide bonds. The lowest BCUT2D eigenvalue weighted by Crippen LogP contribution is -2.45. The van der Waals surface area contributed by atoms with Crippen LogP contribution in [0.1, 0.15) is 22.9 Å². The van der Waals surface area contributed by atoms with Crippen molar-refractivity contribution in [2.75, 3.05) is 7.11 Å². The second-order valence-corrected chi connectivity index (χ2v) is 6.45. The van der Waals surface area contributed by atoms with E-state index in [2.05, 4.69) is 26.7 Å². The van der Waals surface area contributed by atoms with Gasteiger partial charge in [0, 0.05) is 23.0 Å². The van der Waals surface area contributed by atoms with E-state index in [1.54, 1.807) is 0 Å². The van der Waals surface area contributed by atoms with Gasteiger partial charge in [-0.15, -0.1) is 0 Å². The topological polar surface area (TPSA) is 93.0 Å². The van der Waals surface area contributed by atoms with Crippen molar-refractivity contribution in [3.05, 3.63) is 59.3 Å². The number of nitrogens with zero attached hydrogens (tertiary/aromatic N) is 2. The zero-order chi connectivity index (χ0) is 17.7. The first-order chi connectivity index (χ1) is 12.7. The van der Waals surface area contributed by atoms with Crippen molar-refractivity contribution in [3.63, 3.8) is 0 Å². The lowest BCUT2D eigenvalue weighted by molar-refractivity contribution is -0.143. The van der Waals surface area contributed by atoms with Crippen LogP contribution in [0, 0.1) is 0 Å². The number of aromatic amines is 1. The Bertz CT molecular complexity index is 1130. The van der Waals surface area contributed by atoms with E-state index in [9.17, 15) is 4.79 Å². The van der Waals surface area contributed by atoms with E-state index in [0.717, 1.165) is 27.7 Å². The molecule has 2 atom stereocenters. The predicted octanol–water partition coefficient (Wildman–Crippen LogP) is 2.48. The fourth-order valence-corrected chi connectivity index (χ4v) is 3.77. The number of hydrogen-bond donors (Lipinski definition) is 2. The molecule has 1 aliphatic heterocycles. The van der Waals surface area contributed by atoms with E-state index in [1.807, 2.05) is 36.4 Å². The van der Waals surface area contributed by atoms with Crippen LogP contribution in [0.2, 0.25) is 0 Å². The Morgan fingerprint density at radius 2 is 2.04 bits per heavy atom. The van der Waals surface area contributed by atoms with Gasteiger partial charge in [0.2, 0.25) is 0 Å². The number of hydrogen-bond acceptors (Lipinski definition) is 6. The lowest BCUT2D eigenvalue weighted by atomic mass is 9.90. The second kappa shape index (κ2) is 5.67. The van der Waals surface area contributed by atoms with E-state index < -0.39 is 6.04 Å². The summed E-state index contributed by atoms with van der Waals surface area (Å²) in [5, 5.41) is 12.3. The monoisotopic (exact) mass is 348 g/mol. The molecule has 4 aromatic rings. The van der Waals surface area contributed by atoms with Crippen molar-refractivity contribution in [3.8, 4) is 0 Å². The van der Waals surface area contributed by atoms with E-state index >= 15 is 0 Å². The minimum Gasteiger partial charge on any atom is -0.468 e. The number of aromatic nitrogens is 3. The van der Waals surface area contributed by atoms with Crippen LogP contribution in [0.4, 0.5) is 0 Å². The summed E-state index contributed by atoms with van der Waals surface area (Å²) in [4.78, 5) is 15.8. The third-order valence-corrected chi connectivity index (χ3v) is 5.01. The highest BCUT2D eigenvalue weighted by atomic mass is 16.6. The van der Waals surface area contributed by atoms with Crippen molar-refractivity contribution in [2.24, 2.45) is 0 Å². The van der Waals surface area contributed by atoms with Crippen LogP contribution in [0.3, 0.4) is 0 Å². The largest absolute Gasteiger partial charge is 0.468 e. The normalized spacial score (nSPS) is 19.6. The van der Waals surface area contributed by atoms with Crippen molar-refractivity contribution in [2.45, 2.75) is 18.5 Å². The molecule has 3 heterocycles. The Balaban J connectivity index is 1.69. The Morgan fingerprint density at radius 1 is 1.19 bits per heavy atom. The highest BCUT2D eigenvalue weighted by Gasteiger charge is 2.34. The van der Waals surface area contributed by atoms with Gasteiger partial charge >= 0.3 is 5.97 Å². The summed E-state index contributed by atoms with van der Waals surface area (Å²) in [6, 6.07) is 13.3. The molecule has 0 saturated carbocycles. The lowest BCUT2D eigenvalue weighted by Gasteiger charge is -2.30. The van der Waals surface area contributed by atoms with Crippen molar-refractivity contribution < 1.29 is 14.2 Å². The summed E-state index contributed by atoms with van der Waals surface area (Å²) in [6.07, 6.45) is 0.580. The van der Waals surface area contributed by atoms with Gasteiger partial charge in [0.15, 0.2) is 0 Å². The number of fused-ring (bicyclic) bond motifs is 4. The fraction of sp³-hybridized carbons (Fsp3) is 0.211. The van der Waals surface area contributed by atoms with Crippen LogP contribution >= 0.6 is 0 Å². The van der Waals surface area contributed by atoms with Gasteiger partial charge in [-0.05, 0) is 39.6 Å². The molecule has 0 fully saturated rings. The number of methoxy groups -OCH3 is 1. The fourth-order valence-electron chi connectivity index (χ4n) is 3.77. The Morgan fingerprint density at radius 3 is 2.92 bits per heavy atom. The molecule has 1 aliphatic rings. The van der Waals surface area contributed by atoms with E-state index in [1.165, 1.54) is 7.11 Å². The second-order valence-electron chi connectivity index (χ2n) is 6.45. The molecule has 0 unspecified atom stereocenters. The Kier molecular flexibility index (Phi) is 3.29. The number of nitrogens with one attached hydrogen (secondary N) is 2. The van der Waals surface area contributed by atoms with Crippen molar-refractivity contribution >= 4 is 27.9 Å². The van der Waals surface area contributed by atoms with Gasteiger partial charge in [-0.25, -0.2) is 4.63 Å². The highest BCUT2D eigenvalue weighted by molar-refractivity contribution is 5.87. The average Bonchev–Trinajstić information content (AvgIpc) is 3.30. The van der Waals surface area contributed by atoms with Gasteiger partial charge in [-0.1, -0.05) is 24.3 Å². The van der Waals surface area contributed by atoms with E-state index in [-0.39, 0.29) is 12.0 Å². The number of H-pyrrole nitrogens is 1. The SMILES string of the molecule is COC(=O)[C@H]1Cc2c([nH]c3ccccc23)[C@H](c2ccc3nonc3c2)N1. The maximum absolute atomic E-state index is 12.3. The maximum atomic E-state index is 12.3. The van der Waals surface area contributed by atoms with Gasteiger partial charge in [0.05, 0.1) is 13.2 Å². The third kappa shape index (κ3) is 2.21. The van der Waals surface area contributed by atoms with Crippen molar-refractivity contribution in [1.82, 2.24) is 20.6 Å². The number of carbonyl (C=O) groups is 1. The summed E-state index contributed by atoms with van der Waals surface area (Å²) < 4.78 is 9.79. The summed E-state index contributed by atoms with van der Waals surface area (Å²) in [5.41, 5.74) is 5.61. The summed E-state index contributed by atoms with van der Waals surface area (Å²) in [5.74, 6) is -0.268. The molecular weight excluding hydrogens is 332 g/mol. The van der Waals surface area contributed by atoms with Crippen molar-refractivity contribution in [1.29, 1.82) is 0 Å². The molecule has 2 aromatic carbocycles. The van der Waals surface area contributed by atoms with E-state index in [4.69, 9.17) is 9.37 Å². The number of esters is 1. The first-order valence-electron chi connectivity index (χ1n) is 8.40. The summed E-state index contributed by atoms with van der Waals surface area (Å²) >= 11 is 0. The number of para-hydroxylation sites is 1. The molecular formula is C19H16N4O3. The first-order valence-corrected chi connectivity index (χ1v) is 8.40. The molecule has 0 saturated heterocycles. The van der Waals surface area contributed by atoms with Crippen LogP contribution < -0.4 is 5.32 Å². The zero-order valence-electron chi connectivity index (χ0n) is 14.0. The van der Waals surface area contributed by atoms with Crippen LogP contribution in [-0.4, -0.2) is 34.4 Å². The van der Waals surface area contributed by atoms with Crippen LogP contribution in [0.25, 0.3) is 21.9 Å². The number of rotatable bonds is 2. The standard InChI is InChI=1S/C19H16N4O3/c1-25-19(24)16-9-12-11-4-2-3-5-13(11)20-18(12)17(21-16)10-6-7-14-15(8-10)23-26-22-14/h2-8,16-17,20-21H,9H2,1H3/t16-,17+/m1/s1. The molecule has 2 N–H and O–H groups in total. The molecule has 7 heteroatoms. The molecule has 26 heavy (non-hydrogen) atoms. The average molecular weight is 348 g/mol. The van der Waals surface area contributed by atoms with Gasteiger partial charge in [0.25, 0.3) is 0 Å². The minimum atomic E-state index is -0.414. The van der Waals surface area contributed by atoms with Gasteiger partial charge < -0.3 is 9.72 Å². The maximum Gasteiger partial charge on any atom is 0.323 e. The van der Waals surface area contributed by atoms with Gasteiger partial charge in [-0.3, -0.25) is 10.1 Å². The van der Waals surface area contributed by atoms with E-state index in [0.29, 0.717) is 17.5 Å². The zero-order valence-corrected chi connectivity index (χ0v) is 14.0. The predicted molar refractivity (Wildman–Crippen MR) is 94.6 cm³/mol. The Labute approximate surface area is 148 Å². The molecule has 0 bridgehead atoms. The molecule has 7 nitrogen and oxygen atoms in total. The van der Waals surface area contributed by atoms with Gasteiger partial charge in [0.1, 0.15) is 17.1 Å². The molecule has 5 rings (SSSR count). The molecule has 0 spiro atoms. The van der Waals surface area contributed by atoms with Gasteiger partial charge in [-0.2, -0.15) is 0 Å². The molecule has 130 valence electrons. The van der Waals surface area contributed by atoms with Crippen LogP contribution in [0.5, 0.6) is 0 Å². The number of ether oxygens (including phenoxy) is 1. The number of benzene rings is 2. The molecule has 0 aliphatic carbocycles. The summed E-state index contributed by atoms with van der Waals surface area (Å²) in [6.45, 7) is 0. The first kappa shape index (κ1) is 15.1. The smallest absolute Gasteiger partial charge is 0.323 e. The minimum absolute atomic E-state index is 0.184. The van der Waals surface area contributed by atoms with Crippen LogP contribution in [0.15, 0.2) is 47.1 Å². The van der Waals surface area contributed by atoms with Crippen LogP contribution in [-0.2, 0) is 16.0 Å². The third-order valence-electron chi connectivity index (χ3n) is 5.01. The quantitative estimate of drug-likeness (QED) is 0.541. The molecule has 2 aromatic heterocycles.